The SMILES string of the molecule is CC/C=C\C/C=C\C/C=C\C/C=C\C/C=C\C/C=C\CCCCC(=O)OCC(O)COP(=O)(O)OCC(O)COP(=O)(O)OCC(COC(=O)CCCCCCCCCCCCCCCCC)OC(=O)CCCCCCC/C=C\C/C=C\CCC. The minimum absolute atomic E-state index is 0.0885. The lowest BCUT2D eigenvalue weighted by Crippen LogP contribution is -2.30. The molecule has 0 aromatic carbocycles. The van der Waals surface area contributed by atoms with Crippen molar-refractivity contribution in [1.82, 2.24) is 0 Å². The molecule has 18 heteroatoms. The van der Waals surface area contributed by atoms with Crippen molar-refractivity contribution in [3.05, 3.63) is 97.2 Å². The standard InChI is InChI=1S/C67H116O16P2/c1-4-7-10-13-16-19-22-25-27-28-29-30-31-32-34-37-38-41-44-47-50-53-65(70)77-56-62(68)57-79-84(73,74)80-58-63(69)59-81-85(75,76)82-61-64(83-67(72)55-52-49-46-43-40-35-24-21-18-15-12-9-6-3)60-78-66(71)54-51-48-45-42-39-36-33-26-23-20-17-14-11-8-5-2/h7,10,12,15-16,19,21,24-25,27,29-30,32,34,38,41,62-64,68-69H,4-6,8-9,11,13-14,17-18,20,22-23,26,28,31,33,35-37,39-40,42-61H2,1-3H3,(H,73,74)(H,75,76)/b10-7-,15-12-,19-16-,24-21-,27-25-,30-29-,34-32-,41-38-. The molecule has 0 aliphatic rings. The van der Waals surface area contributed by atoms with Crippen molar-refractivity contribution in [2.24, 2.45) is 0 Å². The number of carbonyl (C=O) groups excluding carboxylic acids is 3. The third-order valence-electron chi connectivity index (χ3n) is 13.3. The van der Waals surface area contributed by atoms with Crippen LogP contribution < -0.4 is 0 Å². The van der Waals surface area contributed by atoms with Gasteiger partial charge < -0.3 is 34.2 Å². The normalized spacial score (nSPS) is 15.0. The summed E-state index contributed by atoms with van der Waals surface area (Å²) < 4.78 is 60.7. The molecular weight excluding hydrogens is 1120 g/mol. The van der Waals surface area contributed by atoms with Crippen LogP contribution in [0.25, 0.3) is 0 Å². The second kappa shape index (κ2) is 60.7. The average molecular weight is 1240 g/mol. The molecule has 0 aromatic rings. The Kier molecular flexibility index (Phi) is 58.2. The minimum atomic E-state index is -4.92. The fourth-order valence-electron chi connectivity index (χ4n) is 8.32. The summed E-state index contributed by atoms with van der Waals surface area (Å²) in [5.41, 5.74) is 0. The number of hydrogen-bond acceptors (Lipinski definition) is 14. The molecule has 0 bridgehead atoms. The number of unbranched alkanes of at least 4 members (excludes halogenated alkanes) is 22. The van der Waals surface area contributed by atoms with Gasteiger partial charge in [-0.3, -0.25) is 32.5 Å². The lowest BCUT2D eigenvalue weighted by atomic mass is 10.0. The highest BCUT2D eigenvalue weighted by molar-refractivity contribution is 7.47. The van der Waals surface area contributed by atoms with E-state index >= 15 is 0 Å². The van der Waals surface area contributed by atoms with Gasteiger partial charge in [0.05, 0.1) is 26.4 Å². The van der Waals surface area contributed by atoms with Crippen molar-refractivity contribution in [1.29, 1.82) is 0 Å². The molecule has 0 saturated carbocycles. The highest BCUT2D eigenvalue weighted by Gasteiger charge is 2.29. The molecule has 0 rings (SSSR count). The van der Waals surface area contributed by atoms with Crippen LogP contribution in [0.15, 0.2) is 97.2 Å². The van der Waals surface area contributed by atoms with Gasteiger partial charge in [-0.1, -0.05) is 234 Å². The predicted octanol–water partition coefficient (Wildman–Crippen LogP) is 17.5. The van der Waals surface area contributed by atoms with Gasteiger partial charge >= 0.3 is 33.6 Å². The van der Waals surface area contributed by atoms with Crippen LogP contribution in [0.4, 0.5) is 0 Å². The highest BCUT2D eigenvalue weighted by Crippen LogP contribution is 2.45. The van der Waals surface area contributed by atoms with E-state index in [2.05, 4.69) is 118 Å². The van der Waals surface area contributed by atoms with Crippen LogP contribution >= 0.6 is 15.6 Å². The Labute approximate surface area is 514 Å². The average Bonchev–Trinajstić information content (AvgIpc) is 3.51. The fourth-order valence-corrected chi connectivity index (χ4v) is 9.90. The molecule has 85 heavy (non-hydrogen) atoms. The predicted molar refractivity (Wildman–Crippen MR) is 344 cm³/mol. The van der Waals surface area contributed by atoms with E-state index in [1.165, 1.54) is 70.6 Å². The molecule has 5 unspecified atom stereocenters. The van der Waals surface area contributed by atoms with Crippen LogP contribution in [0, 0.1) is 0 Å². The topological polar surface area (TPSA) is 231 Å². The van der Waals surface area contributed by atoms with E-state index in [1.807, 2.05) is 0 Å². The fraction of sp³-hybridized carbons (Fsp3) is 0.716. The number of phosphoric ester groups is 2. The molecule has 0 aliphatic carbocycles. The first-order valence-electron chi connectivity index (χ1n) is 32.5. The Morgan fingerprint density at radius 1 is 0.341 bits per heavy atom. The van der Waals surface area contributed by atoms with Crippen molar-refractivity contribution >= 4 is 33.6 Å². The van der Waals surface area contributed by atoms with Crippen LogP contribution in [-0.4, -0.2) is 95.9 Å². The van der Waals surface area contributed by atoms with Crippen LogP contribution in [0.5, 0.6) is 0 Å². The van der Waals surface area contributed by atoms with Crippen molar-refractivity contribution in [3.8, 4) is 0 Å². The summed E-state index contributed by atoms with van der Waals surface area (Å²) in [5, 5.41) is 20.5. The smallest absolute Gasteiger partial charge is 0.463 e. The first-order valence-corrected chi connectivity index (χ1v) is 35.5. The summed E-state index contributed by atoms with van der Waals surface area (Å²) in [6, 6.07) is 0. The van der Waals surface area contributed by atoms with Gasteiger partial charge in [-0.25, -0.2) is 9.13 Å². The van der Waals surface area contributed by atoms with E-state index in [4.69, 9.17) is 32.3 Å². The summed E-state index contributed by atoms with van der Waals surface area (Å²) in [4.78, 5) is 58.2. The summed E-state index contributed by atoms with van der Waals surface area (Å²) in [5.74, 6) is -1.63. The van der Waals surface area contributed by atoms with Gasteiger partial charge in [-0.2, -0.15) is 0 Å². The number of phosphoric acid groups is 2. The molecule has 4 N–H and O–H groups in total. The van der Waals surface area contributed by atoms with Gasteiger partial charge in [0.1, 0.15) is 25.4 Å². The van der Waals surface area contributed by atoms with E-state index in [0.717, 1.165) is 122 Å². The molecule has 0 amide bonds. The van der Waals surface area contributed by atoms with Gasteiger partial charge in [-0.15, -0.1) is 0 Å². The van der Waals surface area contributed by atoms with Crippen LogP contribution in [0.3, 0.4) is 0 Å². The molecule has 0 saturated heterocycles. The largest absolute Gasteiger partial charge is 0.472 e. The number of carbonyl (C=O) groups is 3. The molecule has 0 fully saturated rings. The number of esters is 3. The number of ether oxygens (including phenoxy) is 3. The number of rotatable bonds is 61. The molecule has 0 heterocycles. The van der Waals surface area contributed by atoms with Gasteiger partial charge in [0, 0.05) is 19.3 Å². The van der Waals surface area contributed by atoms with E-state index in [-0.39, 0.29) is 19.3 Å². The molecule has 490 valence electrons. The summed E-state index contributed by atoms with van der Waals surface area (Å²) in [7, 11) is -9.78. The zero-order valence-corrected chi connectivity index (χ0v) is 54.5. The van der Waals surface area contributed by atoms with E-state index in [1.54, 1.807) is 0 Å². The minimum Gasteiger partial charge on any atom is -0.463 e. The monoisotopic (exact) mass is 1240 g/mol. The first-order chi connectivity index (χ1) is 41.2. The maximum atomic E-state index is 12.9. The van der Waals surface area contributed by atoms with E-state index in [0.29, 0.717) is 19.3 Å². The number of hydrogen-bond donors (Lipinski definition) is 4. The van der Waals surface area contributed by atoms with Crippen molar-refractivity contribution in [2.45, 2.75) is 270 Å². The van der Waals surface area contributed by atoms with Crippen molar-refractivity contribution < 1.29 is 75.8 Å². The van der Waals surface area contributed by atoms with Crippen LogP contribution in [0.1, 0.15) is 252 Å². The Hall–Kier alpha value is -3.53. The molecule has 16 nitrogen and oxygen atoms in total. The van der Waals surface area contributed by atoms with Crippen LogP contribution in [0.2, 0.25) is 0 Å². The molecule has 5 atom stereocenters. The number of aliphatic hydroxyl groups excluding tert-OH is 2. The Balaban J connectivity index is 4.66. The summed E-state index contributed by atoms with van der Waals surface area (Å²) in [6.45, 7) is 2.42. The Morgan fingerprint density at radius 3 is 1.06 bits per heavy atom. The van der Waals surface area contributed by atoms with E-state index < -0.39 is 91.5 Å². The maximum absolute atomic E-state index is 12.9. The van der Waals surface area contributed by atoms with E-state index in [9.17, 15) is 43.5 Å². The quantitative estimate of drug-likeness (QED) is 0.0146. The third-order valence-corrected chi connectivity index (χ3v) is 15.2. The molecular formula is C67H116O16P2. The third kappa shape index (κ3) is 61.9. The lowest BCUT2D eigenvalue weighted by molar-refractivity contribution is -0.161. The maximum Gasteiger partial charge on any atom is 0.472 e. The Bertz CT molecular complexity index is 1940. The van der Waals surface area contributed by atoms with Crippen molar-refractivity contribution in [3.63, 3.8) is 0 Å². The lowest BCUT2D eigenvalue weighted by Gasteiger charge is -2.21. The zero-order valence-electron chi connectivity index (χ0n) is 52.8. The Morgan fingerprint density at radius 2 is 0.647 bits per heavy atom. The zero-order chi connectivity index (χ0) is 62.4. The first kappa shape index (κ1) is 81.5. The molecule has 0 radical (unpaired) electrons. The highest BCUT2D eigenvalue weighted by atomic mass is 31.2. The van der Waals surface area contributed by atoms with Crippen molar-refractivity contribution in [2.75, 3.05) is 39.6 Å². The van der Waals surface area contributed by atoms with Gasteiger partial charge in [0.15, 0.2) is 6.10 Å². The van der Waals surface area contributed by atoms with Gasteiger partial charge in [-0.05, 0) is 96.3 Å². The second-order valence-electron chi connectivity index (χ2n) is 21.5. The number of allylic oxidation sites excluding steroid dienone is 16. The van der Waals surface area contributed by atoms with Gasteiger partial charge in [0.2, 0.25) is 0 Å². The second-order valence-corrected chi connectivity index (χ2v) is 24.4. The van der Waals surface area contributed by atoms with Gasteiger partial charge in [0.25, 0.3) is 0 Å². The summed E-state index contributed by atoms with van der Waals surface area (Å²) in [6.07, 6.45) is 64.7. The molecule has 0 spiro atoms. The number of aliphatic hydroxyl groups is 2. The molecule has 0 aromatic heterocycles. The molecule has 0 aliphatic heterocycles. The summed E-state index contributed by atoms with van der Waals surface area (Å²) >= 11 is 0. The van der Waals surface area contributed by atoms with Crippen LogP contribution in [-0.2, 0) is 55.8 Å².